The van der Waals surface area contributed by atoms with E-state index in [0.29, 0.717) is 13.2 Å². The van der Waals surface area contributed by atoms with Gasteiger partial charge >= 0.3 is 0 Å². The topological polar surface area (TPSA) is 29.5 Å². The van der Waals surface area contributed by atoms with Crippen molar-refractivity contribution >= 4 is 11.6 Å². The second-order valence-corrected chi connectivity index (χ2v) is 7.03. The quantitative estimate of drug-likeness (QED) is 0.331. The molecule has 0 aromatic heterocycles. The third-order valence-corrected chi connectivity index (χ3v) is 4.80. The predicted octanol–water partition coefficient (Wildman–Crippen LogP) is 5.88. The second kappa shape index (κ2) is 13.1. The van der Waals surface area contributed by atoms with Gasteiger partial charge < -0.3 is 16.6 Å². The molecule has 0 saturated carbocycles. The molecular weight excluding hydrogens is 423 g/mol. The molecule has 0 atom stereocenters. The van der Waals surface area contributed by atoms with Crippen LogP contribution >= 0.6 is 0 Å². The molecule has 0 aliphatic carbocycles. The van der Waals surface area contributed by atoms with Gasteiger partial charge in [0, 0.05) is 45.3 Å². The second-order valence-electron chi connectivity index (χ2n) is 7.03. The molecule has 28 heavy (non-hydrogen) atoms. The van der Waals surface area contributed by atoms with Crippen LogP contribution in [0.15, 0.2) is 42.5 Å². The zero-order valence-corrected chi connectivity index (χ0v) is 20.4. The van der Waals surface area contributed by atoms with Crippen LogP contribution in [0.1, 0.15) is 56.2 Å². The Bertz CT molecular complexity index is 728. The number of carbonyl (C=O) groups is 1. The van der Waals surface area contributed by atoms with E-state index in [1.54, 1.807) is 11.8 Å². The van der Waals surface area contributed by atoms with Crippen LogP contribution in [-0.2, 0) is 50.5 Å². The minimum atomic E-state index is 0. The van der Waals surface area contributed by atoms with Crippen molar-refractivity contribution in [2.24, 2.45) is 0 Å². The van der Waals surface area contributed by atoms with Crippen LogP contribution in [0.4, 0.5) is 5.69 Å². The molecule has 1 radical (unpaired) electrons. The van der Waals surface area contributed by atoms with Crippen LogP contribution in [-0.4, -0.2) is 12.5 Å². The minimum absolute atomic E-state index is 0. The monoisotopic (exact) mass is 455 g/mol. The van der Waals surface area contributed by atoms with Crippen LogP contribution in [0.5, 0.6) is 5.75 Å². The van der Waals surface area contributed by atoms with Crippen LogP contribution in [0.2, 0.25) is 0 Å². The van der Waals surface area contributed by atoms with Gasteiger partial charge in [0.2, 0.25) is 5.91 Å². The SMILES string of the molecule is [CH2-]COc1cc(CN(C(C)=O)c2ccc(CCCCCC)cc2)ccc1C.[Y]. The first-order valence-electron chi connectivity index (χ1n) is 9.93. The summed E-state index contributed by atoms with van der Waals surface area (Å²) < 4.78 is 5.58. The summed E-state index contributed by atoms with van der Waals surface area (Å²) in [5, 5.41) is 0. The average molecular weight is 455 g/mol. The van der Waals surface area contributed by atoms with E-state index in [0.717, 1.165) is 29.0 Å². The number of hydrogen-bond donors (Lipinski definition) is 0. The van der Waals surface area contributed by atoms with Crippen LogP contribution in [0, 0.1) is 13.8 Å². The van der Waals surface area contributed by atoms with Gasteiger partial charge in [-0.15, -0.1) is 0 Å². The molecule has 0 aliphatic heterocycles. The molecule has 0 heterocycles. The Balaban J connectivity index is 0.00000392. The Morgan fingerprint density at radius 3 is 2.32 bits per heavy atom. The molecule has 149 valence electrons. The summed E-state index contributed by atoms with van der Waals surface area (Å²) in [5.41, 5.74) is 4.38. The van der Waals surface area contributed by atoms with Crippen molar-refractivity contribution in [1.29, 1.82) is 0 Å². The molecule has 0 fully saturated rings. The van der Waals surface area contributed by atoms with E-state index >= 15 is 0 Å². The first-order chi connectivity index (χ1) is 13.0. The maximum absolute atomic E-state index is 12.2. The van der Waals surface area contributed by atoms with Crippen LogP contribution in [0.3, 0.4) is 0 Å². The van der Waals surface area contributed by atoms with Gasteiger partial charge in [0.15, 0.2) is 0 Å². The zero-order valence-electron chi connectivity index (χ0n) is 17.5. The van der Waals surface area contributed by atoms with Crippen molar-refractivity contribution in [1.82, 2.24) is 0 Å². The Hall–Kier alpha value is -1.19. The molecule has 0 saturated heterocycles. The molecule has 2 aromatic rings. The van der Waals surface area contributed by atoms with Crippen molar-refractivity contribution < 1.29 is 42.2 Å². The van der Waals surface area contributed by atoms with E-state index in [1.165, 1.54) is 31.2 Å². The molecule has 0 aliphatic rings. The van der Waals surface area contributed by atoms with Gasteiger partial charge in [-0.2, -0.15) is 0 Å². The number of unbranched alkanes of at least 4 members (excludes halogenated alkanes) is 3. The third kappa shape index (κ3) is 7.68. The van der Waals surface area contributed by atoms with Crippen molar-refractivity contribution in [2.75, 3.05) is 11.5 Å². The number of benzene rings is 2. The number of ether oxygens (including phenoxy) is 1. The molecule has 2 aromatic carbocycles. The number of aryl methyl sites for hydroxylation is 2. The normalized spacial score (nSPS) is 10.3. The van der Waals surface area contributed by atoms with E-state index < -0.39 is 0 Å². The predicted molar refractivity (Wildman–Crippen MR) is 113 cm³/mol. The smallest absolute Gasteiger partial charge is 0.224 e. The van der Waals surface area contributed by atoms with Gasteiger partial charge in [0.05, 0.1) is 6.54 Å². The largest absolute Gasteiger partial charge is 0.525 e. The maximum atomic E-state index is 12.2. The summed E-state index contributed by atoms with van der Waals surface area (Å²) in [4.78, 5) is 14.0. The van der Waals surface area contributed by atoms with Crippen molar-refractivity contribution in [2.45, 2.75) is 59.4 Å². The molecule has 4 heteroatoms. The van der Waals surface area contributed by atoms with E-state index in [-0.39, 0.29) is 38.6 Å². The summed E-state index contributed by atoms with van der Waals surface area (Å²) in [6.07, 6.45) is 6.16. The first-order valence-corrected chi connectivity index (χ1v) is 9.93. The van der Waals surface area contributed by atoms with E-state index in [2.05, 4.69) is 38.1 Å². The molecule has 0 bridgehead atoms. The van der Waals surface area contributed by atoms with Crippen LogP contribution in [0.25, 0.3) is 0 Å². The van der Waals surface area contributed by atoms with Crippen molar-refractivity contribution in [3.63, 3.8) is 0 Å². The Labute approximate surface area is 195 Å². The van der Waals surface area contributed by atoms with Gasteiger partial charge in [0.25, 0.3) is 0 Å². The minimum Gasteiger partial charge on any atom is -0.525 e. The molecule has 0 unspecified atom stereocenters. The molecule has 2 rings (SSSR count). The maximum Gasteiger partial charge on any atom is 0.224 e. The fraction of sp³-hybridized carbons (Fsp3) is 0.417. The van der Waals surface area contributed by atoms with Gasteiger partial charge in [-0.1, -0.05) is 50.5 Å². The molecular formula is C24H32NO2Y-. The number of rotatable bonds is 10. The summed E-state index contributed by atoms with van der Waals surface area (Å²) >= 11 is 0. The molecule has 3 nitrogen and oxygen atoms in total. The molecule has 1 amide bonds. The Morgan fingerprint density at radius 1 is 1.04 bits per heavy atom. The number of carbonyl (C=O) groups excluding carboxylic acids is 1. The summed E-state index contributed by atoms with van der Waals surface area (Å²) in [5.74, 6) is 0.860. The average Bonchev–Trinajstić information content (AvgIpc) is 2.66. The van der Waals surface area contributed by atoms with E-state index in [1.807, 2.05) is 25.1 Å². The summed E-state index contributed by atoms with van der Waals surface area (Å²) in [6.45, 7) is 10.5. The summed E-state index contributed by atoms with van der Waals surface area (Å²) in [7, 11) is 0. The summed E-state index contributed by atoms with van der Waals surface area (Å²) in [6, 6.07) is 14.5. The number of nitrogens with zero attached hydrogens (tertiary/aromatic N) is 1. The zero-order chi connectivity index (χ0) is 19.6. The van der Waals surface area contributed by atoms with Gasteiger partial charge in [0.1, 0.15) is 5.75 Å². The van der Waals surface area contributed by atoms with Gasteiger partial charge in [-0.05, 0) is 61.3 Å². The number of anilines is 1. The molecule has 0 spiro atoms. The fourth-order valence-electron chi connectivity index (χ4n) is 3.17. The third-order valence-electron chi connectivity index (χ3n) is 4.80. The van der Waals surface area contributed by atoms with Crippen molar-refractivity contribution in [3.8, 4) is 5.75 Å². The number of hydrogen-bond acceptors (Lipinski definition) is 2. The van der Waals surface area contributed by atoms with Crippen LogP contribution < -0.4 is 9.64 Å². The Morgan fingerprint density at radius 2 is 1.71 bits per heavy atom. The van der Waals surface area contributed by atoms with Gasteiger partial charge in [-0.25, -0.2) is 0 Å². The first kappa shape index (κ1) is 24.9. The standard InChI is InChI=1S/C24H32NO2.Y/c1-5-7-8-9-10-21-13-15-23(16-14-21)25(20(4)26)18-22-12-11-19(3)24(17-22)27-6-2;/h11-17H,2,5-10,18H2,1,3-4H3;/q-1;. The van der Waals surface area contributed by atoms with E-state index in [9.17, 15) is 4.79 Å². The van der Waals surface area contributed by atoms with Gasteiger partial charge in [-0.3, -0.25) is 4.79 Å². The fourth-order valence-corrected chi connectivity index (χ4v) is 3.17. The van der Waals surface area contributed by atoms with E-state index in [4.69, 9.17) is 4.74 Å². The Kier molecular flexibility index (Phi) is 11.6. The number of amides is 1. The molecule has 0 N–H and O–H groups in total. The van der Waals surface area contributed by atoms with Crippen molar-refractivity contribution in [3.05, 3.63) is 66.1 Å².